The molecule has 0 radical (unpaired) electrons. The highest BCUT2D eigenvalue weighted by atomic mass is 35.5. The second-order valence-electron chi connectivity index (χ2n) is 6.19. The third-order valence-corrected chi connectivity index (χ3v) is 4.78. The van der Waals surface area contributed by atoms with Crippen LogP contribution in [-0.4, -0.2) is 29.8 Å². The van der Waals surface area contributed by atoms with E-state index >= 15 is 4.39 Å². The fourth-order valence-electron chi connectivity index (χ4n) is 2.99. The van der Waals surface area contributed by atoms with E-state index in [2.05, 4.69) is 15.6 Å². The van der Waals surface area contributed by atoms with E-state index in [1.54, 1.807) is 18.2 Å². The van der Waals surface area contributed by atoms with Crippen molar-refractivity contribution >= 4 is 23.3 Å². The zero-order valence-electron chi connectivity index (χ0n) is 14.8. The maximum Gasteiger partial charge on any atom is 0.248 e. The lowest BCUT2D eigenvalue weighted by atomic mass is 9.96. The number of carbonyl (C=O) groups is 2. The lowest BCUT2D eigenvalue weighted by Gasteiger charge is -2.20. The van der Waals surface area contributed by atoms with Gasteiger partial charge in [0, 0.05) is 42.2 Å². The summed E-state index contributed by atoms with van der Waals surface area (Å²) in [7, 11) is 0. The standard InChI is InChI=1S/C20H19ClFN3O2/c1-2-16(25-20(27)13-7-9-24-11-13)14-5-6-15(21)17(18(14)22)19(26)12-4-3-8-23-10-12/h3-8,10,16,24H,2,9,11H2,1H3,(H,25,27)/t16-/m0/s1. The highest BCUT2D eigenvalue weighted by Crippen LogP contribution is 2.29. The van der Waals surface area contributed by atoms with Crippen LogP contribution in [0.5, 0.6) is 0 Å². The van der Waals surface area contributed by atoms with Gasteiger partial charge in [-0.25, -0.2) is 4.39 Å². The number of amides is 1. The van der Waals surface area contributed by atoms with Gasteiger partial charge in [-0.3, -0.25) is 14.6 Å². The summed E-state index contributed by atoms with van der Waals surface area (Å²) in [5.41, 5.74) is 0.884. The Morgan fingerprint density at radius 1 is 1.37 bits per heavy atom. The molecular formula is C20H19ClFN3O2. The summed E-state index contributed by atoms with van der Waals surface area (Å²) in [5.74, 6) is -1.51. The molecule has 0 saturated heterocycles. The predicted octanol–water partition coefficient (Wildman–Crippen LogP) is 3.20. The van der Waals surface area contributed by atoms with Gasteiger partial charge in [0.2, 0.25) is 5.91 Å². The second kappa shape index (κ2) is 8.41. The molecule has 2 N–H and O–H groups in total. The molecule has 5 nitrogen and oxygen atoms in total. The van der Waals surface area contributed by atoms with Crippen LogP contribution >= 0.6 is 11.6 Å². The summed E-state index contributed by atoms with van der Waals surface area (Å²) in [6, 6.07) is 5.57. The van der Waals surface area contributed by atoms with Gasteiger partial charge >= 0.3 is 0 Å². The van der Waals surface area contributed by atoms with Gasteiger partial charge in [0.05, 0.1) is 16.6 Å². The van der Waals surface area contributed by atoms with Crippen molar-refractivity contribution in [3.05, 3.63) is 75.8 Å². The Labute approximate surface area is 161 Å². The van der Waals surface area contributed by atoms with Crippen LogP contribution in [0.25, 0.3) is 0 Å². The third-order valence-electron chi connectivity index (χ3n) is 4.46. The number of aromatic nitrogens is 1. The van der Waals surface area contributed by atoms with E-state index in [0.717, 1.165) is 0 Å². The molecule has 1 aliphatic heterocycles. The predicted molar refractivity (Wildman–Crippen MR) is 101 cm³/mol. The summed E-state index contributed by atoms with van der Waals surface area (Å²) in [4.78, 5) is 29.0. The Morgan fingerprint density at radius 2 is 2.19 bits per heavy atom. The molecule has 0 aliphatic carbocycles. The summed E-state index contributed by atoms with van der Waals surface area (Å²) < 4.78 is 15.2. The van der Waals surface area contributed by atoms with Gasteiger partial charge in [0.25, 0.3) is 0 Å². The zero-order valence-corrected chi connectivity index (χ0v) is 15.5. The summed E-state index contributed by atoms with van der Waals surface area (Å²) in [6.07, 6.45) is 5.16. The Balaban J connectivity index is 1.93. The number of hydrogen-bond acceptors (Lipinski definition) is 4. The van der Waals surface area contributed by atoms with Crippen LogP contribution in [0.2, 0.25) is 5.02 Å². The molecule has 0 fully saturated rings. The van der Waals surface area contributed by atoms with E-state index in [1.165, 1.54) is 24.5 Å². The molecule has 1 aromatic carbocycles. The quantitative estimate of drug-likeness (QED) is 0.747. The summed E-state index contributed by atoms with van der Waals surface area (Å²) in [5, 5.41) is 5.91. The van der Waals surface area contributed by atoms with Crippen LogP contribution < -0.4 is 10.6 Å². The van der Waals surface area contributed by atoms with Gasteiger partial charge in [-0.05, 0) is 24.6 Å². The van der Waals surface area contributed by atoms with Crippen molar-refractivity contribution in [2.24, 2.45) is 0 Å². The number of hydrogen-bond donors (Lipinski definition) is 2. The molecule has 1 atom stereocenters. The second-order valence-corrected chi connectivity index (χ2v) is 6.60. The Morgan fingerprint density at radius 3 is 2.81 bits per heavy atom. The van der Waals surface area contributed by atoms with Crippen LogP contribution in [-0.2, 0) is 4.79 Å². The topological polar surface area (TPSA) is 71.1 Å². The first-order chi connectivity index (χ1) is 13.0. The molecule has 3 rings (SSSR count). The van der Waals surface area contributed by atoms with Crippen molar-refractivity contribution in [2.75, 3.05) is 13.1 Å². The first kappa shape index (κ1) is 19.2. The van der Waals surface area contributed by atoms with Crippen molar-refractivity contribution in [3.8, 4) is 0 Å². The van der Waals surface area contributed by atoms with Crippen LogP contribution in [0.1, 0.15) is 40.9 Å². The fraction of sp³-hybridized carbons (Fsp3) is 0.250. The molecule has 0 saturated carbocycles. The Bertz CT molecular complexity index is 900. The lowest BCUT2D eigenvalue weighted by molar-refractivity contribution is -0.118. The average Bonchev–Trinajstić information content (AvgIpc) is 3.22. The van der Waals surface area contributed by atoms with Crippen molar-refractivity contribution in [1.82, 2.24) is 15.6 Å². The number of rotatable bonds is 6. The van der Waals surface area contributed by atoms with E-state index in [4.69, 9.17) is 11.6 Å². The van der Waals surface area contributed by atoms with Gasteiger partial charge in [-0.2, -0.15) is 0 Å². The minimum atomic E-state index is -0.720. The molecule has 1 aliphatic rings. The highest BCUT2D eigenvalue weighted by molar-refractivity contribution is 6.35. The Kier molecular flexibility index (Phi) is 5.98. The molecular weight excluding hydrogens is 369 g/mol. The van der Waals surface area contributed by atoms with Crippen LogP contribution in [0.15, 0.2) is 48.3 Å². The number of nitrogens with one attached hydrogen (secondary N) is 2. The highest BCUT2D eigenvalue weighted by Gasteiger charge is 2.25. The van der Waals surface area contributed by atoms with Crippen molar-refractivity contribution < 1.29 is 14.0 Å². The molecule has 1 aromatic heterocycles. The van der Waals surface area contributed by atoms with E-state index in [9.17, 15) is 9.59 Å². The minimum Gasteiger partial charge on any atom is -0.345 e. The minimum absolute atomic E-state index is 0.0222. The van der Waals surface area contributed by atoms with E-state index in [1.807, 2.05) is 6.92 Å². The van der Waals surface area contributed by atoms with Gasteiger partial charge in [0.1, 0.15) is 5.82 Å². The van der Waals surface area contributed by atoms with E-state index < -0.39 is 17.6 Å². The van der Waals surface area contributed by atoms with Gasteiger partial charge in [0.15, 0.2) is 5.78 Å². The molecule has 0 bridgehead atoms. The largest absolute Gasteiger partial charge is 0.345 e. The zero-order chi connectivity index (χ0) is 19.4. The van der Waals surface area contributed by atoms with Gasteiger partial charge < -0.3 is 10.6 Å². The molecule has 7 heteroatoms. The molecule has 27 heavy (non-hydrogen) atoms. The number of halogens is 2. The SMILES string of the molecule is CC[C@H](NC(=O)C1=CCNC1)c1ccc(Cl)c(C(=O)c2cccnc2)c1F. The summed E-state index contributed by atoms with van der Waals surface area (Å²) >= 11 is 6.12. The molecule has 2 aromatic rings. The number of carbonyl (C=O) groups excluding carboxylic acids is 2. The first-order valence-electron chi connectivity index (χ1n) is 8.66. The van der Waals surface area contributed by atoms with Crippen LogP contribution in [0.4, 0.5) is 4.39 Å². The fourth-order valence-corrected chi connectivity index (χ4v) is 3.22. The molecule has 2 heterocycles. The van der Waals surface area contributed by atoms with E-state index in [0.29, 0.717) is 25.1 Å². The van der Waals surface area contributed by atoms with Crippen LogP contribution in [0.3, 0.4) is 0 Å². The monoisotopic (exact) mass is 387 g/mol. The van der Waals surface area contributed by atoms with Crippen molar-refractivity contribution in [1.29, 1.82) is 0 Å². The molecule has 1 amide bonds. The Hall–Kier alpha value is -2.57. The first-order valence-corrected chi connectivity index (χ1v) is 9.04. The van der Waals surface area contributed by atoms with E-state index in [-0.39, 0.29) is 27.6 Å². The van der Waals surface area contributed by atoms with Gasteiger partial charge in [-0.1, -0.05) is 30.7 Å². The lowest BCUT2D eigenvalue weighted by Crippen LogP contribution is -2.31. The molecule has 140 valence electrons. The maximum absolute atomic E-state index is 15.2. The van der Waals surface area contributed by atoms with Crippen molar-refractivity contribution in [2.45, 2.75) is 19.4 Å². The number of benzene rings is 1. The number of ketones is 1. The smallest absolute Gasteiger partial charge is 0.248 e. The van der Waals surface area contributed by atoms with Gasteiger partial charge in [-0.15, -0.1) is 0 Å². The average molecular weight is 388 g/mol. The molecule has 0 unspecified atom stereocenters. The maximum atomic E-state index is 15.2. The number of nitrogens with zero attached hydrogens (tertiary/aromatic N) is 1. The third kappa shape index (κ3) is 4.07. The van der Waals surface area contributed by atoms with Crippen LogP contribution in [0, 0.1) is 5.82 Å². The number of pyridine rings is 1. The molecule has 0 spiro atoms. The van der Waals surface area contributed by atoms with Crippen molar-refractivity contribution in [3.63, 3.8) is 0 Å². The normalized spacial score (nSPS) is 14.6. The summed E-state index contributed by atoms with van der Waals surface area (Å²) in [6.45, 7) is 2.96.